The summed E-state index contributed by atoms with van der Waals surface area (Å²) in [7, 11) is 0. The summed E-state index contributed by atoms with van der Waals surface area (Å²) in [6.45, 7) is 6.40. The summed E-state index contributed by atoms with van der Waals surface area (Å²) in [4.78, 5) is 35.7. The highest BCUT2D eigenvalue weighted by atomic mass is 16.4. The maximum absolute atomic E-state index is 12.0. The minimum Gasteiger partial charge on any atom is -0.481 e. The van der Waals surface area contributed by atoms with Crippen LogP contribution in [0.3, 0.4) is 0 Å². The van der Waals surface area contributed by atoms with Crippen molar-refractivity contribution in [1.29, 1.82) is 0 Å². The van der Waals surface area contributed by atoms with Gasteiger partial charge in [0.15, 0.2) is 0 Å². The molecule has 0 aromatic heterocycles. The number of carbonyl (C=O) groups excluding carboxylic acids is 2. The molecule has 21 heavy (non-hydrogen) atoms. The van der Waals surface area contributed by atoms with Gasteiger partial charge in [0.2, 0.25) is 5.91 Å². The monoisotopic (exact) mass is 299 g/mol. The fourth-order valence-corrected chi connectivity index (χ4v) is 2.43. The van der Waals surface area contributed by atoms with Crippen LogP contribution in [0.15, 0.2) is 0 Å². The van der Waals surface area contributed by atoms with Crippen LogP contribution in [0.5, 0.6) is 0 Å². The molecular weight excluding hydrogens is 274 g/mol. The maximum atomic E-state index is 12.0. The lowest BCUT2D eigenvalue weighted by Crippen LogP contribution is -2.50. The smallest absolute Gasteiger partial charge is 0.317 e. The summed E-state index contributed by atoms with van der Waals surface area (Å²) in [6.07, 6.45) is 1.44. The molecule has 1 fully saturated rings. The van der Waals surface area contributed by atoms with E-state index in [1.54, 1.807) is 4.90 Å². The molecule has 1 saturated heterocycles. The number of nitrogens with one attached hydrogen (secondary N) is 2. The van der Waals surface area contributed by atoms with E-state index in [2.05, 4.69) is 10.6 Å². The van der Waals surface area contributed by atoms with Gasteiger partial charge in [0.25, 0.3) is 0 Å². The first-order chi connectivity index (χ1) is 9.81. The number of carboxylic acid groups (broad SMARTS) is 1. The minimum absolute atomic E-state index is 0.0340. The van der Waals surface area contributed by atoms with Gasteiger partial charge in [-0.3, -0.25) is 9.59 Å². The highest BCUT2D eigenvalue weighted by molar-refractivity contribution is 5.76. The third kappa shape index (κ3) is 5.61. The summed E-state index contributed by atoms with van der Waals surface area (Å²) in [5, 5.41) is 14.6. The van der Waals surface area contributed by atoms with Crippen LogP contribution in [0.25, 0.3) is 0 Å². The molecule has 1 aliphatic heterocycles. The second-order valence-electron chi connectivity index (χ2n) is 5.84. The lowest BCUT2D eigenvalue weighted by atomic mass is 9.96. The first kappa shape index (κ1) is 17.3. The third-order valence-electron chi connectivity index (χ3n) is 3.78. The molecule has 0 aromatic carbocycles. The van der Waals surface area contributed by atoms with Crippen LogP contribution < -0.4 is 10.6 Å². The summed E-state index contributed by atoms with van der Waals surface area (Å²) in [5.41, 5.74) is 0. The van der Waals surface area contributed by atoms with E-state index in [-0.39, 0.29) is 30.4 Å². The molecule has 0 bridgehead atoms. The molecule has 1 aliphatic rings. The van der Waals surface area contributed by atoms with Crippen molar-refractivity contribution in [2.45, 2.75) is 39.7 Å². The Kier molecular flexibility index (Phi) is 6.45. The van der Waals surface area contributed by atoms with E-state index in [4.69, 9.17) is 5.11 Å². The van der Waals surface area contributed by atoms with E-state index in [0.29, 0.717) is 13.1 Å². The Labute approximate surface area is 125 Å². The summed E-state index contributed by atoms with van der Waals surface area (Å²) in [6, 6.07) is -0.114. The second-order valence-corrected chi connectivity index (χ2v) is 5.84. The van der Waals surface area contributed by atoms with Gasteiger partial charge in [0.1, 0.15) is 0 Å². The number of hydrogen-bond donors (Lipinski definition) is 3. The van der Waals surface area contributed by atoms with Gasteiger partial charge in [-0.1, -0.05) is 13.8 Å². The van der Waals surface area contributed by atoms with E-state index in [9.17, 15) is 14.4 Å². The Morgan fingerprint density at radius 1 is 1.24 bits per heavy atom. The van der Waals surface area contributed by atoms with E-state index in [1.807, 2.05) is 13.8 Å². The molecule has 3 amide bonds. The van der Waals surface area contributed by atoms with Crippen molar-refractivity contribution in [3.63, 3.8) is 0 Å². The number of amides is 3. The Morgan fingerprint density at radius 2 is 1.81 bits per heavy atom. The van der Waals surface area contributed by atoms with Crippen molar-refractivity contribution >= 4 is 17.9 Å². The number of rotatable bonds is 5. The van der Waals surface area contributed by atoms with Crippen molar-refractivity contribution in [1.82, 2.24) is 15.5 Å². The average Bonchev–Trinajstić information content (AvgIpc) is 2.38. The lowest BCUT2D eigenvalue weighted by Gasteiger charge is -2.32. The number of aliphatic carboxylic acids is 1. The van der Waals surface area contributed by atoms with Crippen LogP contribution in [0.1, 0.15) is 33.6 Å². The predicted molar refractivity (Wildman–Crippen MR) is 77.8 cm³/mol. The third-order valence-corrected chi connectivity index (χ3v) is 3.78. The first-order valence-electron chi connectivity index (χ1n) is 7.34. The molecule has 0 aliphatic carbocycles. The van der Waals surface area contributed by atoms with E-state index >= 15 is 0 Å². The molecule has 7 nitrogen and oxygen atoms in total. The van der Waals surface area contributed by atoms with Crippen molar-refractivity contribution in [2.75, 3.05) is 19.6 Å². The standard InChI is InChI=1S/C14H25N3O4/c1-9(2)12(13(19)20)8-15-14(21)17-6-4-11(5-7-17)16-10(3)18/h9,11-12H,4-8H2,1-3H3,(H,15,21)(H,16,18)(H,19,20). The molecule has 120 valence electrons. The van der Waals surface area contributed by atoms with E-state index in [1.165, 1.54) is 6.92 Å². The van der Waals surface area contributed by atoms with Crippen LogP contribution in [-0.4, -0.2) is 53.6 Å². The van der Waals surface area contributed by atoms with Gasteiger partial charge in [0.05, 0.1) is 5.92 Å². The Morgan fingerprint density at radius 3 is 2.24 bits per heavy atom. The molecule has 1 rings (SSSR count). The first-order valence-corrected chi connectivity index (χ1v) is 7.34. The van der Waals surface area contributed by atoms with Gasteiger partial charge in [-0.05, 0) is 18.8 Å². The molecule has 0 spiro atoms. The average molecular weight is 299 g/mol. The molecule has 1 heterocycles. The van der Waals surface area contributed by atoms with Crippen LogP contribution in [-0.2, 0) is 9.59 Å². The molecule has 1 unspecified atom stereocenters. The highest BCUT2D eigenvalue weighted by Gasteiger charge is 2.26. The zero-order valence-electron chi connectivity index (χ0n) is 12.9. The fourth-order valence-electron chi connectivity index (χ4n) is 2.43. The largest absolute Gasteiger partial charge is 0.481 e. The van der Waals surface area contributed by atoms with E-state index in [0.717, 1.165) is 12.8 Å². The Bertz CT molecular complexity index is 390. The SMILES string of the molecule is CC(=O)NC1CCN(C(=O)NCC(C(=O)O)C(C)C)CC1. The van der Waals surface area contributed by atoms with Gasteiger partial charge < -0.3 is 20.6 Å². The normalized spacial score (nSPS) is 17.4. The lowest BCUT2D eigenvalue weighted by molar-refractivity contribution is -0.143. The van der Waals surface area contributed by atoms with Gasteiger partial charge in [-0.25, -0.2) is 4.79 Å². The van der Waals surface area contributed by atoms with Gasteiger partial charge in [0, 0.05) is 32.6 Å². The van der Waals surface area contributed by atoms with Crippen molar-refractivity contribution in [2.24, 2.45) is 11.8 Å². The Hall–Kier alpha value is -1.79. The van der Waals surface area contributed by atoms with Gasteiger partial charge in [-0.2, -0.15) is 0 Å². The summed E-state index contributed by atoms with van der Waals surface area (Å²) >= 11 is 0. The van der Waals surface area contributed by atoms with Crippen molar-refractivity contribution in [3.05, 3.63) is 0 Å². The molecule has 0 aromatic rings. The summed E-state index contributed by atoms with van der Waals surface area (Å²) < 4.78 is 0. The molecule has 3 N–H and O–H groups in total. The molecule has 7 heteroatoms. The van der Waals surface area contributed by atoms with Crippen LogP contribution in [0.4, 0.5) is 4.79 Å². The number of urea groups is 1. The van der Waals surface area contributed by atoms with Crippen LogP contribution in [0, 0.1) is 11.8 Å². The Balaban J connectivity index is 2.37. The highest BCUT2D eigenvalue weighted by Crippen LogP contribution is 2.12. The van der Waals surface area contributed by atoms with Gasteiger partial charge in [-0.15, -0.1) is 0 Å². The number of carboxylic acids is 1. The van der Waals surface area contributed by atoms with Crippen molar-refractivity contribution < 1.29 is 19.5 Å². The minimum atomic E-state index is -0.894. The maximum Gasteiger partial charge on any atom is 0.317 e. The molecule has 0 saturated carbocycles. The molecule has 0 radical (unpaired) electrons. The predicted octanol–water partition coefficient (Wildman–Crippen LogP) is 0.653. The number of piperidine rings is 1. The zero-order valence-corrected chi connectivity index (χ0v) is 12.9. The van der Waals surface area contributed by atoms with E-state index < -0.39 is 11.9 Å². The number of carbonyl (C=O) groups is 3. The topological polar surface area (TPSA) is 98.7 Å². The number of likely N-dealkylation sites (tertiary alicyclic amines) is 1. The number of nitrogens with zero attached hydrogens (tertiary/aromatic N) is 1. The van der Waals surface area contributed by atoms with Crippen LogP contribution in [0.2, 0.25) is 0 Å². The zero-order chi connectivity index (χ0) is 16.0. The quantitative estimate of drug-likeness (QED) is 0.694. The molecular formula is C14H25N3O4. The van der Waals surface area contributed by atoms with Gasteiger partial charge >= 0.3 is 12.0 Å². The summed E-state index contributed by atoms with van der Waals surface area (Å²) in [5.74, 6) is -1.56. The van der Waals surface area contributed by atoms with Crippen molar-refractivity contribution in [3.8, 4) is 0 Å². The second kappa shape index (κ2) is 7.85. The fraction of sp³-hybridized carbons (Fsp3) is 0.786. The molecule has 1 atom stereocenters. The number of hydrogen-bond acceptors (Lipinski definition) is 3. The van der Waals surface area contributed by atoms with Crippen LogP contribution >= 0.6 is 0 Å².